The zero-order valence-corrected chi connectivity index (χ0v) is 19.8. The number of benzene rings is 1. The maximum atomic E-state index is 11.0. The minimum Gasteiger partial charge on any atom is -0.508 e. The number of ether oxygens (including phenoxy) is 3. The molecule has 1 aromatic carbocycles. The maximum absolute atomic E-state index is 11.0. The molecule has 0 heterocycles. The van der Waals surface area contributed by atoms with Crippen LogP contribution in [0.25, 0.3) is 0 Å². The average molecular weight is 431 g/mol. The SMILES string of the molecule is CC(OC1CCCC1)c1ccc(O)c(C(C)OC2CCCC2)c1C(C)OC1CCCC1. The molecular formula is C27H42O4. The molecule has 174 valence electrons. The molecule has 4 heteroatoms. The van der Waals surface area contributed by atoms with Gasteiger partial charge in [0, 0.05) is 5.56 Å². The molecule has 1 aromatic rings. The first kappa shape index (κ1) is 23.1. The molecule has 3 aliphatic carbocycles. The first-order valence-corrected chi connectivity index (χ1v) is 12.8. The highest BCUT2D eigenvalue weighted by Gasteiger charge is 2.31. The molecule has 0 saturated heterocycles. The van der Waals surface area contributed by atoms with Gasteiger partial charge in [-0.2, -0.15) is 0 Å². The van der Waals surface area contributed by atoms with Crippen LogP contribution in [0.4, 0.5) is 0 Å². The van der Waals surface area contributed by atoms with Crippen LogP contribution in [0.3, 0.4) is 0 Å². The van der Waals surface area contributed by atoms with Crippen LogP contribution in [-0.2, 0) is 14.2 Å². The second-order valence-corrected chi connectivity index (χ2v) is 10.1. The standard InChI is InChI=1S/C27H42O4/c1-18(29-21-10-4-5-11-21)24-16-17-25(28)27(20(3)31-23-14-8-9-15-23)26(24)19(2)30-22-12-6-7-13-22/h16-23,28H,4-15H2,1-3H3. The van der Waals surface area contributed by atoms with E-state index in [4.69, 9.17) is 14.2 Å². The fraction of sp³-hybridized carbons (Fsp3) is 0.778. The predicted molar refractivity (Wildman–Crippen MR) is 123 cm³/mol. The van der Waals surface area contributed by atoms with Gasteiger partial charge in [0.1, 0.15) is 5.75 Å². The highest BCUT2D eigenvalue weighted by molar-refractivity contribution is 5.48. The van der Waals surface area contributed by atoms with Gasteiger partial charge in [-0.1, -0.05) is 44.6 Å². The Labute approximate surface area is 188 Å². The van der Waals surface area contributed by atoms with Gasteiger partial charge in [-0.25, -0.2) is 0 Å². The molecule has 3 aliphatic rings. The van der Waals surface area contributed by atoms with Crippen LogP contribution in [-0.4, -0.2) is 23.4 Å². The molecule has 0 aliphatic heterocycles. The van der Waals surface area contributed by atoms with Crippen LogP contribution in [0.2, 0.25) is 0 Å². The van der Waals surface area contributed by atoms with Crippen molar-refractivity contribution in [3.63, 3.8) is 0 Å². The van der Waals surface area contributed by atoms with Gasteiger partial charge in [0.2, 0.25) is 0 Å². The van der Waals surface area contributed by atoms with Crippen molar-refractivity contribution >= 4 is 0 Å². The molecule has 0 aromatic heterocycles. The molecule has 0 spiro atoms. The molecule has 0 bridgehead atoms. The van der Waals surface area contributed by atoms with E-state index in [0.717, 1.165) is 55.2 Å². The van der Waals surface area contributed by atoms with E-state index in [1.54, 1.807) is 0 Å². The molecule has 31 heavy (non-hydrogen) atoms. The van der Waals surface area contributed by atoms with E-state index in [2.05, 4.69) is 20.8 Å². The minimum absolute atomic E-state index is 0.0224. The monoisotopic (exact) mass is 430 g/mol. The lowest BCUT2D eigenvalue weighted by molar-refractivity contribution is -0.0201. The van der Waals surface area contributed by atoms with Crippen LogP contribution >= 0.6 is 0 Å². The first-order chi connectivity index (χ1) is 15.0. The quantitative estimate of drug-likeness (QED) is 0.442. The van der Waals surface area contributed by atoms with E-state index in [-0.39, 0.29) is 18.3 Å². The lowest BCUT2D eigenvalue weighted by atomic mass is 9.90. The van der Waals surface area contributed by atoms with Gasteiger partial charge in [0.05, 0.1) is 36.6 Å². The van der Waals surface area contributed by atoms with Crippen molar-refractivity contribution < 1.29 is 19.3 Å². The Morgan fingerprint density at radius 1 is 0.613 bits per heavy atom. The normalized spacial score (nSPS) is 24.1. The van der Waals surface area contributed by atoms with Gasteiger partial charge in [0.25, 0.3) is 0 Å². The number of rotatable bonds is 9. The van der Waals surface area contributed by atoms with Crippen LogP contribution in [0.15, 0.2) is 12.1 Å². The summed E-state index contributed by atoms with van der Waals surface area (Å²) in [6.07, 6.45) is 15.0. The van der Waals surface area contributed by atoms with Crippen molar-refractivity contribution in [2.75, 3.05) is 0 Å². The number of phenolic OH excluding ortho intramolecular Hbond substituents is 1. The van der Waals surface area contributed by atoms with Gasteiger partial charge in [-0.3, -0.25) is 0 Å². The van der Waals surface area contributed by atoms with Crippen LogP contribution in [0.1, 0.15) is 133 Å². The molecule has 1 N–H and O–H groups in total. The summed E-state index contributed by atoms with van der Waals surface area (Å²) in [6.45, 7) is 6.39. The van der Waals surface area contributed by atoms with E-state index in [1.165, 1.54) is 38.5 Å². The summed E-state index contributed by atoms with van der Waals surface area (Å²) in [7, 11) is 0. The molecule has 3 atom stereocenters. The summed E-state index contributed by atoms with van der Waals surface area (Å²) in [4.78, 5) is 0. The largest absolute Gasteiger partial charge is 0.508 e. The Bertz CT molecular complexity index is 699. The van der Waals surface area contributed by atoms with E-state index in [1.807, 2.05) is 12.1 Å². The van der Waals surface area contributed by atoms with Gasteiger partial charge in [-0.15, -0.1) is 0 Å². The fourth-order valence-corrected chi connectivity index (χ4v) is 6.03. The van der Waals surface area contributed by atoms with Gasteiger partial charge in [-0.05, 0) is 76.5 Å². The second-order valence-electron chi connectivity index (χ2n) is 10.1. The van der Waals surface area contributed by atoms with E-state index in [9.17, 15) is 5.11 Å². The molecule has 3 unspecified atom stereocenters. The molecular weight excluding hydrogens is 388 g/mol. The lowest BCUT2D eigenvalue weighted by Gasteiger charge is -2.30. The topological polar surface area (TPSA) is 47.9 Å². The number of hydrogen-bond donors (Lipinski definition) is 1. The summed E-state index contributed by atoms with van der Waals surface area (Å²) in [5, 5.41) is 11.0. The summed E-state index contributed by atoms with van der Waals surface area (Å²) in [5.74, 6) is 0.319. The van der Waals surface area contributed by atoms with E-state index in [0.29, 0.717) is 24.1 Å². The van der Waals surface area contributed by atoms with Gasteiger partial charge < -0.3 is 19.3 Å². The fourth-order valence-electron chi connectivity index (χ4n) is 6.03. The van der Waals surface area contributed by atoms with Crippen molar-refractivity contribution in [3.05, 3.63) is 28.8 Å². The lowest BCUT2D eigenvalue weighted by Crippen LogP contribution is -2.20. The zero-order valence-electron chi connectivity index (χ0n) is 19.8. The van der Waals surface area contributed by atoms with Gasteiger partial charge >= 0.3 is 0 Å². The summed E-state index contributed by atoms with van der Waals surface area (Å²) in [5.41, 5.74) is 3.13. The van der Waals surface area contributed by atoms with E-state index >= 15 is 0 Å². The van der Waals surface area contributed by atoms with Crippen molar-refractivity contribution in [2.45, 2.75) is 134 Å². The smallest absolute Gasteiger partial charge is 0.121 e. The second kappa shape index (κ2) is 10.7. The van der Waals surface area contributed by atoms with Crippen molar-refractivity contribution in [3.8, 4) is 5.75 Å². The highest BCUT2D eigenvalue weighted by Crippen LogP contribution is 2.43. The molecule has 3 saturated carbocycles. The van der Waals surface area contributed by atoms with Crippen LogP contribution < -0.4 is 0 Å². The summed E-state index contributed by atoms with van der Waals surface area (Å²) < 4.78 is 19.5. The van der Waals surface area contributed by atoms with Crippen LogP contribution in [0, 0.1) is 0 Å². The molecule has 0 amide bonds. The Hall–Kier alpha value is -1.10. The third-order valence-electron chi connectivity index (χ3n) is 7.65. The Kier molecular flexibility index (Phi) is 7.95. The van der Waals surface area contributed by atoms with Crippen molar-refractivity contribution in [2.24, 2.45) is 0 Å². The average Bonchev–Trinajstić information content (AvgIpc) is 3.51. The van der Waals surface area contributed by atoms with Crippen LogP contribution in [0.5, 0.6) is 5.75 Å². The number of hydrogen-bond acceptors (Lipinski definition) is 4. The first-order valence-electron chi connectivity index (χ1n) is 12.8. The Balaban J connectivity index is 1.63. The summed E-state index contributed by atoms with van der Waals surface area (Å²) >= 11 is 0. The third kappa shape index (κ3) is 5.64. The predicted octanol–water partition coefficient (Wildman–Crippen LogP) is 7.45. The van der Waals surface area contributed by atoms with Crippen molar-refractivity contribution in [1.82, 2.24) is 0 Å². The van der Waals surface area contributed by atoms with Gasteiger partial charge in [0.15, 0.2) is 0 Å². The van der Waals surface area contributed by atoms with E-state index < -0.39 is 0 Å². The molecule has 3 fully saturated rings. The number of aromatic hydroxyl groups is 1. The zero-order chi connectivity index (χ0) is 21.8. The molecule has 0 radical (unpaired) electrons. The molecule has 4 rings (SSSR count). The minimum atomic E-state index is -0.161. The Morgan fingerprint density at radius 3 is 1.45 bits per heavy atom. The molecule has 4 nitrogen and oxygen atoms in total. The Morgan fingerprint density at radius 2 is 1.00 bits per heavy atom. The van der Waals surface area contributed by atoms with Crippen molar-refractivity contribution in [1.29, 1.82) is 0 Å². The highest BCUT2D eigenvalue weighted by atomic mass is 16.5. The maximum Gasteiger partial charge on any atom is 0.121 e. The third-order valence-corrected chi connectivity index (χ3v) is 7.65. The summed E-state index contributed by atoms with van der Waals surface area (Å²) in [6, 6.07) is 3.88. The number of phenols is 1.